The van der Waals surface area contributed by atoms with Crippen molar-refractivity contribution in [3.63, 3.8) is 0 Å². The van der Waals surface area contributed by atoms with E-state index in [1.54, 1.807) is 29.4 Å². The third-order valence-corrected chi connectivity index (χ3v) is 4.28. The number of rotatable bonds is 5. The van der Waals surface area contributed by atoms with E-state index in [0.717, 1.165) is 25.1 Å². The Hall–Kier alpha value is -2.41. The number of urea groups is 1. The topological polar surface area (TPSA) is 91.5 Å². The van der Waals surface area contributed by atoms with Crippen LogP contribution < -0.4 is 5.32 Å². The van der Waals surface area contributed by atoms with Gasteiger partial charge in [0.2, 0.25) is 0 Å². The molecule has 2 aromatic rings. The van der Waals surface area contributed by atoms with E-state index in [4.69, 9.17) is 4.42 Å². The van der Waals surface area contributed by atoms with Crippen LogP contribution >= 0.6 is 0 Å². The molecule has 2 amide bonds. The van der Waals surface area contributed by atoms with Gasteiger partial charge in [-0.05, 0) is 25.0 Å². The summed E-state index contributed by atoms with van der Waals surface area (Å²) < 4.78 is 5.23. The summed E-state index contributed by atoms with van der Waals surface area (Å²) in [4.78, 5) is 22.6. The van der Waals surface area contributed by atoms with Crippen LogP contribution in [0.25, 0.3) is 0 Å². The normalized spacial score (nSPS) is 18.6. The number of nitrogens with one attached hydrogen (secondary N) is 1. The minimum atomic E-state index is -0.703. The monoisotopic (exact) mass is 330 g/mol. The lowest BCUT2D eigenvalue weighted by Crippen LogP contribution is -2.39. The van der Waals surface area contributed by atoms with Crippen molar-refractivity contribution in [2.75, 3.05) is 11.9 Å². The fraction of sp³-hybridized carbons (Fsp3) is 0.471. The number of furan rings is 1. The number of aliphatic hydroxyl groups is 1. The van der Waals surface area contributed by atoms with Crippen LogP contribution in [0, 0.1) is 0 Å². The van der Waals surface area contributed by atoms with Gasteiger partial charge in [-0.25, -0.2) is 14.8 Å². The first-order chi connectivity index (χ1) is 11.7. The summed E-state index contributed by atoms with van der Waals surface area (Å²) in [6, 6.07) is 3.30. The lowest BCUT2D eigenvalue weighted by Gasteiger charge is -2.26. The number of hydrogen-bond donors (Lipinski definition) is 2. The van der Waals surface area contributed by atoms with Crippen LogP contribution in [0.3, 0.4) is 0 Å². The fourth-order valence-electron chi connectivity index (χ4n) is 3.00. The average molecular weight is 330 g/mol. The molecule has 128 valence electrons. The van der Waals surface area contributed by atoms with Gasteiger partial charge >= 0.3 is 6.03 Å². The van der Waals surface area contributed by atoms with Crippen molar-refractivity contribution in [1.82, 2.24) is 14.9 Å². The molecule has 0 saturated carbocycles. The van der Waals surface area contributed by atoms with Crippen molar-refractivity contribution in [1.29, 1.82) is 0 Å². The minimum absolute atomic E-state index is 0.0130. The Morgan fingerprint density at radius 3 is 2.96 bits per heavy atom. The van der Waals surface area contributed by atoms with E-state index in [1.165, 1.54) is 6.26 Å². The van der Waals surface area contributed by atoms with E-state index in [1.807, 2.05) is 6.92 Å². The van der Waals surface area contributed by atoms with Crippen LogP contribution in [0.1, 0.15) is 43.9 Å². The molecule has 2 N–H and O–H groups in total. The van der Waals surface area contributed by atoms with Gasteiger partial charge in [-0.3, -0.25) is 0 Å². The number of nitrogens with zero attached hydrogens (tertiary/aromatic N) is 3. The molecule has 7 nitrogen and oxygen atoms in total. The fourth-order valence-corrected chi connectivity index (χ4v) is 3.00. The van der Waals surface area contributed by atoms with E-state index in [-0.39, 0.29) is 12.1 Å². The molecule has 0 spiro atoms. The summed E-state index contributed by atoms with van der Waals surface area (Å²) in [5.41, 5.74) is 0.578. The Bertz CT molecular complexity index is 657. The Labute approximate surface area is 140 Å². The van der Waals surface area contributed by atoms with Gasteiger partial charge < -0.3 is 19.7 Å². The van der Waals surface area contributed by atoms with E-state index in [0.29, 0.717) is 24.4 Å². The molecule has 0 radical (unpaired) electrons. The first kappa shape index (κ1) is 16.4. The molecule has 1 aliphatic rings. The summed E-state index contributed by atoms with van der Waals surface area (Å²) in [6.07, 6.45) is 7.09. The second-order valence-electron chi connectivity index (χ2n) is 5.93. The number of aromatic nitrogens is 2. The van der Waals surface area contributed by atoms with Gasteiger partial charge in [-0.2, -0.15) is 0 Å². The van der Waals surface area contributed by atoms with E-state index >= 15 is 0 Å². The highest BCUT2D eigenvalue weighted by Crippen LogP contribution is 2.28. The standard InChI is InChI=1S/C17H22N4O3/c1-2-16-18-10-12(11-19-16)20-17(23)21-7-3-5-13(21)9-14(22)15-6-4-8-24-15/h4,6,8,10-11,13-14,22H,2-3,5,7,9H2,1H3,(H,20,23). The summed E-state index contributed by atoms with van der Waals surface area (Å²) >= 11 is 0. The molecule has 0 aliphatic carbocycles. The predicted molar refractivity (Wildman–Crippen MR) is 88.4 cm³/mol. The van der Waals surface area contributed by atoms with Crippen molar-refractivity contribution in [3.05, 3.63) is 42.4 Å². The van der Waals surface area contributed by atoms with Gasteiger partial charge in [0.1, 0.15) is 17.7 Å². The van der Waals surface area contributed by atoms with Gasteiger partial charge in [0.15, 0.2) is 0 Å². The van der Waals surface area contributed by atoms with Crippen molar-refractivity contribution in [2.45, 2.75) is 44.8 Å². The maximum atomic E-state index is 12.5. The summed E-state index contributed by atoms with van der Waals surface area (Å²) in [6.45, 7) is 2.65. The van der Waals surface area contributed by atoms with Crippen molar-refractivity contribution < 1.29 is 14.3 Å². The molecule has 24 heavy (non-hydrogen) atoms. The van der Waals surface area contributed by atoms with E-state index in [2.05, 4.69) is 15.3 Å². The molecule has 2 aromatic heterocycles. The molecule has 1 fully saturated rings. The molecule has 0 bridgehead atoms. The van der Waals surface area contributed by atoms with Crippen molar-refractivity contribution in [3.8, 4) is 0 Å². The Kier molecular flexibility index (Phi) is 5.10. The molecule has 3 heterocycles. The molecule has 1 aliphatic heterocycles. The van der Waals surface area contributed by atoms with Gasteiger partial charge in [0.05, 0.1) is 24.3 Å². The number of aryl methyl sites for hydroxylation is 1. The minimum Gasteiger partial charge on any atom is -0.467 e. The third kappa shape index (κ3) is 3.73. The maximum Gasteiger partial charge on any atom is 0.322 e. The van der Waals surface area contributed by atoms with Crippen molar-refractivity contribution >= 4 is 11.7 Å². The third-order valence-electron chi connectivity index (χ3n) is 4.28. The quantitative estimate of drug-likeness (QED) is 0.879. The van der Waals surface area contributed by atoms with Crippen LogP contribution in [0.2, 0.25) is 0 Å². The molecule has 2 unspecified atom stereocenters. The SMILES string of the molecule is CCc1ncc(NC(=O)N2CCCC2CC(O)c2ccco2)cn1. The van der Waals surface area contributed by atoms with Gasteiger partial charge in [-0.15, -0.1) is 0 Å². The van der Waals surface area contributed by atoms with E-state index in [9.17, 15) is 9.90 Å². The van der Waals surface area contributed by atoms with Gasteiger partial charge in [-0.1, -0.05) is 6.92 Å². The number of carbonyl (C=O) groups excluding carboxylic acids is 1. The van der Waals surface area contributed by atoms with E-state index < -0.39 is 6.10 Å². The molecule has 0 aromatic carbocycles. The lowest BCUT2D eigenvalue weighted by molar-refractivity contribution is 0.110. The first-order valence-corrected chi connectivity index (χ1v) is 8.27. The zero-order chi connectivity index (χ0) is 16.9. The summed E-state index contributed by atoms with van der Waals surface area (Å²) in [5.74, 6) is 1.28. The van der Waals surface area contributed by atoms with Gasteiger partial charge in [0, 0.05) is 25.4 Å². The molecule has 2 atom stereocenters. The highest BCUT2D eigenvalue weighted by molar-refractivity contribution is 5.89. The zero-order valence-electron chi connectivity index (χ0n) is 13.7. The Morgan fingerprint density at radius 1 is 1.50 bits per heavy atom. The van der Waals surface area contributed by atoms with Gasteiger partial charge in [0.25, 0.3) is 0 Å². The number of amides is 2. The lowest BCUT2D eigenvalue weighted by atomic mass is 10.1. The van der Waals surface area contributed by atoms with Crippen LogP contribution in [-0.2, 0) is 6.42 Å². The second kappa shape index (κ2) is 7.44. The molecule has 7 heteroatoms. The maximum absolute atomic E-state index is 12.5. The van der Waals surface area contributed by atoms with Crippen LogP contribution in [0.4, 0.5) is 10.5 Å². The molecular weight excluding hydrogens is 308 g/mol. The zero-order valence-corrected chi connectivity index (χ0v) is 13.7. The number of carbonyl (C=O) groups is 1. The first-order valence-electron chi connectivity index (χ1n) is 8.27. The Morgan fingerprint density at radius 2 is 2.29 bits per heavy atom. The molecule has 3 rings (SSSR count). The number of anilines is 1. The average Bonchev–Trinajstić information content (AvgIpc) is 3.27. The van der Waals surface area contributed by atoms with Crippen LogP contribution in [-0.4, -0.2) is 38.6 Å². The predicted octanol–water partition coefficient (Wildman–Crippen LogP) is 2.75. The van der Waals surface area contributed by atoms with Crippen LogP contribution in [0.5, 0.6) is 0 Å². The largest absolute Gasteiger partial charge is 0.467 e. The molecular formula is C17H22N4O3. The highest BCUT2D eigenvalue weighted by atomic mass is 16.4. The second-order valence-corrected chi connectivity index (χ2v) is 5.93. The number of likely N-dealkylation sites (tertiary alicyclic amines) is 1. The summed E-state index contributed by atoms with van der Waals surface area (Å²) in [5, 5.41) is 13.1. The summed E-state index contributed by atoms with van der Waals surface area (Å²) in [7, 11) is 0. The van der Waals surface area contributed by atoms with Crippen molar-refractivity contribution in [2.24, 2.45) is 0 Å². The van der Waals surface area contributed by atoms with Crippen LogP contribution in [0.15, 0.2) is 35.2 Å². The smallest absolute Gasteiger partial charge is 0.322 e. The molecule has 1 saturated heterocycles. The number of hydrogen-bond acceptors (Lipinski definition) is 5. The number of aliphatic hydroxyl groups excluding tert-OH is 1. The Balaban J connectivity index is 1.60. The highest BCUT2D eigenvalue weighted by Gasteiger charge is 2.31.